The van der Waals surface area contributed by atoms with Crippen molar-refractivity contribution >= 4 is 29.2 Å². The summed E-state index contributed by atoms with van der Waals surface area (Å²) in [4.78, 5) is 3.09. The Bertz CT molecular complexity index is 983. The Morgan fingerprint density at radius 2 is 1.96 bits per heavy atom. The van der Waals surface area contributed by atoms with Gasteiger partial charge in [-0.25, -0.2) is 0 Å². The van der Waals surface area contributed by atoms with Crippen LogP contribution < -0.4 is 5.32 Å². The van der Waals surface area contributed by atoms with Crippen LogP contribution >= 0.6 is 11.6 Å². The quantitative estimate of drug-likeness (QED) is 0.309. The van der Waals surface area contributed by atoms with Gasteiger partial charge in [-0.05, 0) is 54.0 Å². The molecule has 1 aromatic heterocycles. The molecular weight excluding hydrogens is 378 g/mol. The van der Waals surface area contributed by atoms with Crippen LogP contribution in [0, 0.1) is 5.41 Å². The number of nitrogens with zero attached hydrogens (tertiary/aromatic N) is 2. The first-order chi connectivity index (χ1) is 13.5. The maximum absolute atomic E-state index is 9.33. The zero-order valence-corrected chi connectivity index (χ0v) is 15.7. The third-order valence-corrected chi connectivity index (χ3v) is 4.22. The average molecular weight is 398 g/mol. The number of rotatable bonds is 7. The lowest BCUT2D eigenvalue weighted by atomic mass is 10.1. The fourth-order valence-electron chi connectivity index (χ4n) is 2.63. The highest BCUT2D eigenvalue weighted by atomic mass is 35.5. The van der Waals surface area contributed by atoms with Gasteiger partial charge in [-0.2, -0.15) is 0 Å². The Hall–Kier alpha value is -3.16. The SMILES string of the molecule is N=C(/C=C\c1nnc(Cc2ccc(O)cc2)[nH]1)Nc1cc(Cl)ccc1CCO. The molecule has 0 aliphatic rings. The van der Waals surface area contributed by atoms with E-state index in [4.69, 9.17) is 22.1 Å². The number of H-pyrrole nitrogens is 1. The van der Waals surface area contributed by atoms with Gasteiger partial charge >= 0.3 is 0 Å². The number of aromatic amines is 1. The highest BCUT2D eigenvalue weighted by Gasteiger charge is 2.05. The normalized spacial score (nSPS) is 11.1. The van der Waals surface area contributed by atoms with Crippen molar-refractivity contribution in [3.05, 3.63) is 76.3 Å². The first kappa shape index (κ1) is 19.6. The Balaban J connectivity index is 1.63. The van der Waals surface area contributed by atoms with Crippen molar-refractivity contribution < 1.29 is 10.2 Å². The molecule has 3 aromatic rings. The molecule has 0 fully saturated rings. The maximum Gasteiger partial charge on any atom is 0.154 e. The minimum absolute atomic E-state index is 0.0152. The first-order valence-corrected chi connectivity index (χ1v) is 9.03. The molecule has 2 aromatic carbocycles. The molecule has 0 amide bonds. The maximum atomic E-state index is 9.33. The number of aromatic nitrogens is 3. The number of aromatic hydroxyl groups is 1. The third kappa shape index (κ3) is 5.42. The van der Waals surface area contributed by atoms with Gasteiger partial charge in [-0.1, -0.05) is 29.8 Å². The van der Waals surface area contributed by atoms with Crippen LogP contribution in [0.3, 0.4) is 0 Å². The molecule has 1 heterocycles. The van der Waals surface area contributed by atoms with Gasteiger partial charge in [0.1, 0.15) is 17.4 Å². The Kier molecular flexibility index (Phi) is 6.41. The number of phenols is 1. The van der Waals surface area contributed by atoms with Gasteiger partial charge in [0.05, 0.1) is 0 Å². The number of phenolic OH excluding ortho intramolecular Hbond substituents is 1. The second-order valence-electron chi connectivity index (χ2n) is 6.15. The number of aliphatic hydroxyl groups is 1. The van der Waals surface area contributed by atoms with E-state index < -0.39 is 0 Å². The van der Waals surface area contributed by atoms with E-state index in [2.05, 4.69) is 20.5 Å². The summed E-state index contributed by atoms with van der Waals surface area (Å²) < 4.78 is 0. The van der Waals surface area contributed by atoms with Crippen LogP contribution in [-0.4, -0.2) is 37.8 Å². The van der Waals surface area contributed by atoms with Gasteiger partial charge in [0.25, 0.3) is 0 Å². The standard InChI is InChI=1S/C20H20ClN5O2/c21-15-4-3-14(9-10-27)17(12-15)23-18(22)7-8-19-24-20(26-25-19)11-13-1-5-16(28)6-2-13/h1-8,12,27-28H,9-11H2,(H2,22,23)(H,24,25,26)/b8-7-. The molecule has 0 aliphatic heterocycles. The molecule has 28 heavy (non-hydrogen) atoms. The largest absolute Gasteiger partial charge is 0.508 e. The predicted octanol–water partition coefficient (Wildman–Crippen LogP) is 3.39. The van der Waals surface area contributed by atoms with E-state index in [1.54, 1.807) is 36.4 Å². The van der Waals surface area contributed by atoms with E-state index in [9.17, 15) is 5.11 Å². The van der Waals surface area contributed by atoms with Crippen molar-refractivity contribution in [3.63, 3.8) is 0 Å². The smallest absolute Gasteiger partial charge is 0.154 e. The van der Waals surface area contributed by atoms with E-state index in [1.807, 2.05) is 18.2 Å². The molecule has 0 atom stereocenters. The van der Waals surface area contributed by atoms with Crippen LogP contribution in [0.25, 0.3) is 6.08 Å². The monoisotopic (exact) mass is 397 g/mol. The molecule has 144 valence electrons. The summed E-state index contributed by atoms with van der Waals surface area (Å²) in [5.41, 5.74) is 2.55. The van der Waals surface area contributed by atoms with Crippen molar-refractivity contribution in [1.82, 2.24) is 15.2 Å². The van der Waals surface area contributed by atoms with Gasteiger partial charge in [-0.3, -0.25) is 5.41 Å². The second kappa shape index (κ2) is 9.16. The van der Waals surface area contributed by atoms with Crippen molar-refractivity contribution in [2.45, 2.75) is 12.8 Å². The zero-order valence-electron chi connectivity index (χ0n) is 15.0. The molecule has 7 nitrogen and oxygen atoms in total. The topological polar surface area (TPSA) is 118 Å². The summed E-state index contributed by atoms with van der Waals surface area (Å²) in [7, 11) is 0. The lowest BCUT2D eigenvalue weighted by Crippen LogP contribution is -2.09. The molecule has 0 radical (unpaired) electrons. The third-order valence-electron chi connectivity index (χ3n) is 3.99. The van der Waals surface area contributed by atoms with E-state index in [0.717, 1.165) is 11.1 Å². The Morgan fingerprint density at radius 1 is 1.18 bits per heavy atom. The molecule has 0 saturated heterocycles. The average Bonchev–Trinajstić information content (AvgIpc) is 3.12. The molecule has 0 bridgehead atoms. The van der Waals surface area contributed by atoms with Gasteiger partial charge in [-0.15, -0.1) is 10.2 Å². The number of hydrogen-bond donors (Lipinski definition) is 5. The Labute approximate surface area is 167 Å². The summed E-state index contributed by atoms with van der Waals surface area (Å²) in [6, 6.07) is 12.2. The van der Waals surface area contributed by atoms with E-state index in [1.165, 1.54) is 0 Å². The minimum atomic E-state index is 0.0152. The molecule has 5 N–H and O–H groups in total. The number of amidine groups is 1. The van der Waals surface area contributed by atoms with Crippen molar-refractivity contribution in [2.75, 3.05) is 11.9 Å². The van der Waals surface area contributed by atoms with Crippen molar-refractivity contribution in [1.29, 1.82) is 5.41 Å². The molecule has 0 unspecified atom stereocenters. The number of halogens is 1. The van der Waals surface area contributed by atoms with Gasteiger partial charge in [0, 0.05) is 23.7 Å². The summed E-state index contributed by atoms with van der Waals surface area (Å²) in [5.74, 6) is 1.59. The van der Waals surface area contributed by atoms with Crippen LogP contribution in [0.5, 0.6) is 5.75 Å². The molecular formula is C20H20ClN5O2. The predicted molar refractivity (Wildman–Crippen MR) is 110 cm³/mol. The van der Waals surface area contributed by atoms with Crippen LogP contribution in [-0.2, 0) is 12.8 Å². The summed E-state index contributed by atoms with van der Waals surface area (Å²) >= 11 is 6.02. The highest BCUT2D eigenvalue weighted by Crippen LogP contribution is 2.21. The van der Waals surface area contributed by atoms with E-state index in [-0.39, 0.29) is 18.2 Å². The molecule has 8 heteroatoms. The fraction of sp³-hybridized carbons (Fsp3) is 0.150. The summed E-state index contributed by atoms with van der Waals surface area (Å²) in [6.07, 6.45) is 4.25. The van der Waals surface area contributed by atoms with Crippen LogP contribution in [0.15, 0.2) is 48.5 Å². The van der Waals surface area contributed by atoms with Crippen LogP contribution in [0.2, 0.25) is 5.02 Å². The minimum Gasteiger partial charge on any atom is -0.508 e. The van der Waals surface area contributed by atoms with Crippen LogP contribution in [0.1, 0.15) is 22.8 Å². The van der Waals surface area contributed by atoms with E-state index in [0.29, 0.717) is 35.2 Å². The number of benzene rings is 2. The molecule has 0 spiro atoms. The molecule has 0 aliphatic carbocycles. The molecule has 3 rings (SSSR count). The van der Waals surface area contributed by atoms with Crippen LogP contribution in [0.4, 0.5) is 5.69 Å². The lowest BCUT2D eigenvalue weighted by molar-refractivity contribution is 0.300. The van der Waals surface area contributed by atoms with Gasteiger partial charge in [0.2, 0.25) is 0 Å². The van der Waals surface area contributed by atoms with Gasteiger partial charge in [0.15, 0.2) is 5.82 Å². The lowest BCUT2D eigenvalue weighted by Gasteiger charge is -2.10. The highest BCUT2D eigenvalue weighted by molar-refractivity contribution is 6.31. The van der Waals surface area contributed by atoms with Gasteiger partial charge < -0.3 is 20.5 Å². The number of anilines is 1. The number of aliphatic hydroxyl groups excluding tert-OH is 1. The second-order valence-corrected chi connectivity index (χ2v) is 6.58. The first-order valence-electron chi connectivity index (χ1n) is 8.66. The number of hydrogen-bond acceptors (Lipinski definition) is 5. The Morgan fingerprint density at radius 3 is 2.71 bits per heavy atom. The number of nitrogens with one attached hydrogen (secondary N) is 3. The zero-order chi connectivity index (χ0) is 19.9. The van der Waals surface area contributed by atoms with E-state index >= 15 is 0 Å². The molecule has 0 saturated carbocycles. The summed E-state index contributed by atoms with van der Waals surface area (Å²) in [5, 5.41) is 38.2. The van der Waals surface area contributed by atoms with Crippen molar-refractivity contribution in [2.24, 2.45) is 0 Å². The fourth-order valence-corrected chi connectivity index (χ4v) is 2.80. The van der Waals surface area contributed by atoms with Crippen molar-refractivity contribution in [3.8, 4) is 5.75 Å². The summed E-state index contributed by atoms with van der Waals surface area (Å²) in [6.45, 7) is 0.0152.